The van der Waals surface area contributed by atoms with E-state index in [2.05, 4.69) is 34.3 Å². The third kappa shape index (κ3) is 3.97. The zero-order chi connectivity index (χ0) is 16.9. The van der Waals surface area contributed by atoms with Crippen LogP contribution in [0.5, 0.6) is 0 Å². The number of carbonyl (C=O) groups excluding carboxylic acids is 1. The summed E-state index contributed by atoms with van der Waals surface area (Å²) in [4.78, 5) is 20.1. The second kappa shape index (κ2) is 7.53. The van der Waals surface area contributed by atoms with Crippen LogP contribution in [0.4, 0.5) is 0 Å². The van der Waals surface area contributed by atoms with Gasteiger partial charge < -0.3 is 10.3 Å². The molecule has 124 valence electrons. The van der Waals surface area contributed by atoms with E-state index in [1.807, 2.05) is 49.4 Å². The number of benzene rings is 2. The van der Waals surface area contributed by atoms with Crippen molar-refractivity contribution in [3.8, 4) is 0 Å². The fourth-order valence-electron chi connectivity index (χ4n) is 2.50. The van der Waals surface area contributed by atoms with Crippen molar-refractivity contribution in [1.82, 2.24) is 15.3 Å². The summed E-state index contributed by atoms with van der Waals surface area (Å²) < 4.78 is 0. The fraction of sp³-hybridized carbons (Fsp3) is 0.263. The van der Waals surface area contributed by atoms with E-state index in [1.165, 1.54) is 17.3 Å². The van der Waals surface area contributed by atoms with Crippen molar-refractivity contribution in [2.75, 3.05) is 6.54 Å². The maximum atomic E-state index is 12.3. The molecule has 0 aliphatic heterocycles. The molecule has 3 aromatic rings. The molecule has 4 nitrogen and oxygen atoms in total. The van der Waals surface area contributed by atoms with Crippen LogP contribution in [0, 0.1) is 0 Å². The van der Waals surface area contributed by atoms with Gasteiger partial charge in [0.25, 0.3) is 0 Å². The number of carbonyl (C=O) groups is 1. The minimum Gasteiger partial charge on any atom is -0.355 e. The Labute approximate surface area is 146 Å². The van der Waals surface area contributed by atoms with E-state index in [9.17, 15) is 4.79 Å². The summed E-state index contributed by atoms with van der Waals surface area (Å²) in [6, 6.07) is 18.1. The number of H-pyrrole nitrogens is 1. The first-order valence-electron chi connectivity index (χ1n) is 8.07. The van der Waals surface area contributed by atoms with Crippen LogP contribution in [0.2, 0.25) is 0 Å². The van der Waals surface area contributed by atoms with Gasteiger partial charge in [-0.3, -0.25) is 4.79 Å². The topological polar surface area (TPSA) is 57.8 Å². The lowest BCUT2D eigenvalue weighted by atomic mass is 10.0. The van der Waals surface area contributed by atoms with Crippen LogP contribution in [0.25, 0.3) is 11.0 Å². The number of imidazole rings is 1. The Morgan fingerprint density at radius 3 is 2.58 bits per heavy atom. The highest BCUT2D eigenvalue weighted by atomic mass is 32.2. The smallest absolute Gasteiger partial charge is 0.233 e. The van der Waals surface area contributed by atoms with Crippen LogP contribution in [-0.4, -0.2) is 27.7 Å². The molecular formula is C19H21N3OS. The average Bonchev–Trinajstić information content (AvgIpc) is 3.02. The second-order valence-electron chi connectivity index (χ2n) is 5.88. The molecule has 1 amide bonds. The first kappa shape index (κ1) is 16.6. The lowest BCUT2D eigenvalue weighted by molar-refractivity contribution is -0.120. The number of aromatic nitrogens is 2. The van der Waals surface area contributed by atoms with Crippen molar-refractivity contribution in [2.24, 2.45) is 0 Å². The number of fused-ring (bicyclic) bond motifs is 1. The molecule has 2 aromatic carbocycles. The van der Waals surface area contributed by atoms with E-state index in [1.54, 1.807) is 0 Å². The van der Waals surface area contributed by atoms with Crippen molar-refractivity contribution in [1.29, 1.82) is 0 Å². The summed E-state index contributed by atoms with van der Waals surface area (Å²) in [6.07, 6.45) is 0. The summed E-state index contributed by atoms with van der Waals surface area (Å²) >= 11 is 1.45. The van der Waals surface area contributed by atoms with E-state index in [0.717, 1.165) is 16.2 Å². The normalized spacial score (nSPS) is 13.6. The molecule has 3 rings (SSSR count). The van der Waals surface area contributed by atoms with Gasteiger partial charge in [-0.2, -0.15) is 0 Å². The van der Waals surface area contributed by atoms with E-state index < -0.39 is 0 Å². The van der Waals surface area contributed by atoms with Gasteiger partial charge >= 0.3 is 0 Å². The van der Waals surface area contributed by atoms with Crippen LogP contribution in [-0.2, 0) is 4.79 Å². The molecule has 5 heteroatoms. The maximum absolute atomic E-state index is 12.3. The van der Waals surface area contributed by atoms with Crippen LogP contribution in [0.15, 0.2) is 59.8 Å². The average molecular weight is 339 g/mol. The lowest BCUT2D eigenvalue weighted by Gasteiger charge is -2.15. The number of nitrogens with zero attached hydrogens (tertiary/aromatic N) is 1. The highest BCUT2D eigenvalue weighted by molar-refractivity contribution is 8.00. The number of hydrogen-bond acceptors (Lipinski definition) is 3. The molecule has 0 saturated heterocycles. The van der Waals surface area contributed by atoms with Gasteiger partial charge in [0, 0.05) is 6.54 Å². The van der Waals surface area contributed by atoms with Crippen LogP contribution >= 0.6 is 11.8 Å². The Bertz CT molecular complexity index is 783. The highest BCUT2D eigenvalue weighted by Crippen LogP contribution is 2.23. The zero-order valence-electron chi connectivity index (χ0n) is 13.8. The van der Waals surface area contributed by atoms with Gasteiger partial charge in [-0.15, -0.1) is 0 Å². The molecule has 1 aromatic heterocycles. The van der Waals surface area contributed by atoms with Crippen molar-refractivity contribution in [3.05, 3.63) is 60.2 Å². The Hall–Kier alpha value is -2.27. The SMILES string of the molecule is C[C@H](Sc1nc2ccccc2[nH]1)C(=O)NC[C@H](C)c1ccccc1. The molecule has 0 fully saturated rings. The Balaban J connectivity index is 1.54. The van der Waals surface area contributed by atoms with E-state index in [-0.39, 0.29) is 11.2 Å². The number of thioether (sulfide) groups is 1. The highest BCUT2D eigenvalue weighted by Gasteiger charge is 2.17. The number of aromatic amines is 1. The molecule has 0 unspecified atom stereocenters. The molecule has 0 aliphatic carbocycles. The third-order valence-electron chi connectivity index (χ3n) is 3.98. The molecule has 0 spiro atoms. The summed E-state index contributed by atoms with van der Waals surface area (Å²) in [6.45, 7) is 4.65. The van der Waals surface area contributed by atoms with Gasteiger partial charge in [0.15, 0.2) is 5.16 Å². The van der Waals surface area contributed by atoms with Gasteiger partial charge in [-0.05, 0) is 30.5 Å². The minimum atomic E-state index is -0.200. The van der Waals surface area contributed by atoms with E-state index in [4.69, 9.17) is 0 Å². The van der Waals surface area contributed by atoms with Gasteiger partial charge in [0.1, 0.15) is 0 Å². The molecule has 0 bridgehead atoms. The first-order chi connectivity index (χ1) is 11.6. The predicted octanol–water partition coefficient (Wildman–Crippen LogP) is 3.96. The molecular weight excluding hydrogens is 318 g/mol. The van der Waals surface area contributed by atoms with Crippen LogP contribution in [0.1, 0.15) is 25.3 Å². The molecule has 0 radical (unpaired) electrons. The molecule has 2 atom stereocenters. The number of nitrogens with one attached hydrogen (secondary N) is 2. The number of rotatable bonds is 6. The van der Waals surface area contributed by atoms with Crippen molar-refractivity contribution >= 4 is 28.7 Å². The van der Waals surface area contributed by atoms with Gasteiger partial charge in [0.2, 0.25) is 5.91 Å². The number of amides is 1. The number of para-hydroxylation sites is 2. The molecule has 24 heavy (non-hydrogen) atoms. The molecule has 1 heterocycles. The monoisotopic (exact) mass is 339 g/mol. The second-order valence-corrected chi connectivity index (χ2v) is 7.21. The third-order valence-corrected chi connectivity index (χ3v) is 4.96. The van der Waals surface area contributed by atoms with E-state index in [0.29, 0.717) is 12.5 Å². The van der Waals surface area contributed by atoms with Crippen LogP contribution < -0.4 is 5.32 Å². The molecule has 2 N–H and O–H groups in total. The summed E-state index contributed by atoms with van der Waals surface area (Å²) in [7, 11) is 0. The van der Waals surface area contributed by atoms with Gasteiger partial charge in [-0.1, -0.05) is 61.2 Å². The van der Waals surface area contributed by atoms with E-state index >= 15 is 0 Å². The summed E-state index contributed by atoms with van der Waals surface area (Å²) in [5.74, 6) is 0.321. The summed E-state index contributed by atoms with van der Waals surface area (Å²) in [5.41, 5.74) is 3.14. The van der Waals surface area contributed by atoms with Gasteiger partial charge in [-0.25, -0.2) is 4.98 Å². The largest absolute Gasteiger partial charge is 0.355 e. The zero-order valence-corrected chi connectivity index (χ0v) is 14.6. The standard InChI is InChI=1S/C19H21N3OS/c1-13(15-8-4-3-5-9-15)12-20-18(23)14(2)24-19-21-16-10-6-7-11-17(16)22-19/h3-11,13-14H,12H2,1-2H3,(H,20,23)(H,21,22)/t13-,14-/m0/s1. The minimum absolute atomic E-state index is 0.0308. The quantitative estimate of drug-likeness (QED) is 0.668. The summed E-state index contributed by atoms with van der Waals surface area (Å²) in [5, 5.41) is 3.61. The number of hydrogen-bond donors (Lipinski definition) is 2. The lowest BCUT2D eigenvalue weighted by Crippen LogP contribution is -2.33. The molecule has 0 aliphatic rings. The van der Waals surface area contributed by atoms with Crippen molar-refractivity contribution in [3.63, 3.8) is 0 Å². The van der Waals surface area contributed by atoms with Crippen LogP contribution in [0.3, 0.4) is 0 Å². The van der Waals surface area contributed by atoms with Gasteiger partial charge in [0.05, 0.1) is 16.3 Å². The predicted molar refractivity (Wildman–Crippen MR) is 99.3 cm³/mol. The fourth-order valence-corrected chi connectivity index (χ4v) is 3.35. The maximum Gasteiger partial charge on any atom is 0.233 e. The van der Waals surface area contributed by atoms with Crippen molar-refractivity contribution in [2.45, 2.75) is 30.2 Å². The Kier molecular flexibility index (Phi) is 5.20. The first-order valence-corrected chi connectivity index (χ1v) is 8.95. The Morgan fingerprint density at radius 2 is 1.83 bits per heavy atom. The molecule has 0 saturated carbocycles. The Morgan fingerprint density at radius 1 is 1.12 bits per heavy atom. The van der Waals surface area contributed by atoms with Crippen molar-refractivity contribution < 1.29 is 4.79 Å².